The molecule has 0 radical (unpaired) electrons. The minimum Gasteiger partial charge on any atom is -0.496 e. The van der Waals surface area contributed by atoms with Crippen LogP contribution in [0.4, 0.5) is 13.2 Å². The van der Waals surface area contributed by atoms with E-state index < -0.39 is 29.8 Å². The highest BCUT2D eigenvalue weighted by Crippen LogP contribution is 2.33. The Morgan fingerprint density at radius 1 is 1.18 bits per heavy atom. The number of halogens is 3. The molecule has 12 heteroatoms. The first-order valence-electron chi connectivity index (χ1n) is 7.38. The van der Waals surface area contributed by atoms with E-state index in [2.05, 4.69) is 0 Å². The molecule has 154 valence electrons. The molecule has 0 amide bonds. The van der Waals surface area contributed by atoms with Crippen LogP contribution in [0.25, 0.3) is 11.0 Å². The van der Waals surface area contributed by atoms with E-state index in [1.807, 2.05) is 0 Å². The highest BCUT2D eigenvalue weighted by Gasteiger charge is 2.38. The maximum absolute atomic E-state index is 11.6. The van der Waals surface area contributed by atoms with E-state index in [1.54, 1.807) is 6.07 Å². The first kappa shape index (κ1) is 22.8. The molecule has 1 aromatic heterocycles. The van der Waals surface area contributed by atoms with E-state index in [9.17, 15) is 22.8 Å². The van der Waals surface area contributed by atoms with Crippen LogP contribution < -0.4 is 20.8 Å². The second-order valence-electron chi connectivity index (χ2n) is 5.25. The van der Waals surface area contributed by atoms with Crippen molar-refractivity contribution in [3.05, 3.63) is 34.2 Å². The molecule has 0 saturated carbocycles. The van der Waals surface area contributed by atoms with E-state index >= 15 is 0 Å². The predicted octanol–water partition coefficient (Wildman–Crippen LogP) is 1.40. The molecule has 1 aromatic carbocycles. The number of alkyl halides is 3. The summed E-state index contributed by atoms with van der Waals surface area (Å²) in [6.45, 7) is 0. The van der Waals surface area contributed by atoms with Gasteiger partial charge < -0.3 is 29.8 Å². The standard InChI is InChI=1S/C14H15NO6.C2HF3O2/c1-19-8-5-10(20-2)13-7(3-9(15)14(17)18)4-12(16)21-11(13)6-8;3-2(4,5)1(6)7/h4-6,9H,3,15H2,1-2H3,(H,17,18);(H,6,7). The fourth-order valence-corrected chi connectivity index (χ4v) is 2.08. The smallest absolute Gasteiger partial charge is 0.490 e. The van der Waals surface area contributed by atoms with Crippen molar-refractivity contribution in [1.82, 2.24) is 0 Å². The Kier molecular flexibility index (Phi) is 7.38. The molecule has 4 N–H and O–H groups in total. The number of aliphatic carboxylic acids is 2. The first-order chi connectivity index (χ1) is 12.9. The molecule has 1 atom stereocenters. The lowest BCUT2D eigenvalue weighted by atomic mass is 10.0. The molecule has 2 rings (SSSR count). The fraction of sp³-hybridized carbons (Fsp3) is 0.312. The van der Waals surface area contributed by atoms with Gasteiger partial charge in [0, 0.05) is 18.2 Å². The van der Waals surface area contributed by atoms with Crippen LogP contribution >= 0.6 is 0 Å². The lowest BCUT2D eigenvalue weighted by molar-refractivity contribution is -0.192. The molecule has 0 fully saturated rings. The Bertz CT molecular complexity index is 922. The Balaban J connectivity index is 0.000000480. The van der Waals surface area contributed by atoms with Crippen molar-refractivity contribution >= 4 is 22.9 Å². The van der Waals surface area contributed by atoms with Gasteiger partial charge in [-0.3, -0.25) is 4.79 Å². The van der Waals surface area contributed by atoms with Crippen LogP contribution in [0.2, 0.25) is 0 Å². The Labute approximate surface area is 155 Å². The van der Waals surface area contributed by atoms with Crippen molar-refractivity contribution in [3.63, 3.8) is 0 Å². The van der Waals surface area contributed by atoms with Crippen LogP contribution in [-0.4, -0.2) is 48.6 Å². The van der Waals surface area contributed by atoms with Gasteiger partial charge in [0.25, 0.3) is 0 Å². The average molecular weight is 407 g/mol. The van der Waals surface area contributed by atoms with Gasteiger partial charge in [-0.2, -0.15) is 13.2 Å². The van der Waals surface area contributed by atoms with Gasteiger partial charge in [0.05, 0.1) is 19.6 Å². The number of hydrogen-bond donors (Lipinski definition) is 3. The summed E-state index contributed by atoms with van der Waals surface area (Å²) in [6.07, 6.45) is -5.10. The van der Waals surface area contributed by atoms with E-state index in [0.717, 1.165) is 0 Å². The lowest BCUT2D eigenvalue weighted by Gasteiger charge is -2.13. The molecule has 2 aromatic rings. The number of hydrogen-bond acceptors (Lipinski definition) is 7. The Morgan fingerprint density at radius 2 is 1.75 bits per heavy atom. The zero-order valence-corrected chi connectivity index (χ0v) is 14.6. The second-order valence-corrected chi connectivity index (χ2v) is 5.25. The average Bonchev–Trinajstić information content (AvgIpc) is 2.59. The summed E-state index contributed by atoms with van der Waals surface area (Å²) in [6, 6.07) is 3.26. The fourth-order valence-electron chi connectivity index (χ4n) is 2.08. The summed E-state index contributed by atoms with van der Waals surface area (Å²) in [7, 11) is 2.93. The van der Waals surface area contributed by atoms with Crippen LogP contribution in [0.3, 0.4) is 0 Å². The molecule has 0 aliphatic carbocycles. The third kappa shape index (κ3) is 5.87. The van der Waals surface area contributed by atoms with E-state index in [4.69, 9.17) is 34.6 Å². The minimum atomic E-state index is -5.08. The monoisotopic (exact) mass is 407 g/mol. The van der Waals surface area contributed by atoms with Gasteiger partial charge >= 0.3 is 23.7 Å². The summed E-state index contributed by atoms with van der Waals surface area (Å²) in [4.78, 5) is 31.4. The number of methoxy groups -OCH3 is 2. The molecular formula is C16H16F3NO8. The molecule has 1 heterocycles. The highest BCUT2D eigenvalue weighted by molar-refractivity contribution is 5.89. The summed E-state index contributed by atoms with van der Waals surface area (Å²) < 4.78 is 47.2. The van der Waals surface area contributed by atoms with Crippen LogP contribution in [-0.2, 0) is 16.0 Å². The van der Waals surface area contributed by atoms with Gasteiger partial charge in [-0.05, 0) is 12.0 Å². The molecule has 0 spiro atoms. The molecule has 9 nitrogen and oxygen atoms in total. The van der Waals surface area contributed by atoms with E-state index in [-0.39, 0.29) is 12.0 Å². The largest absolute Gasteiger partial charge is 0.496 e. The number of nitrogens with two attached hydrogens (primary N) is 1. The van der Waals surface area contributed by atoms with Crippen molar-refractivity contribution < 1.29 is 46.9 Å². The molecule has 0 aliphatic heterocycles. The second kappa shape index (κ2) is 9.08. The van der Waals surface area contributed by atoms with Crippen molar-refractivity contribution in [2.24, 2.45) is 5.73 Å². The molecule has 1 unspecified atom stereocenters. The van der Waals surface area contributed by atoms with E-state index in [0.29, 0.717) is 22.4 Å². The van der Waals surface area contributed by atoms with E-state index in [1.165, 1.54) is 26.4 Å². The molecule has 0 aliphatic rings. The zero-order valence-electron chi connectivity index (χ0n) is 14.6. The molecule has 0 bridgehead atoms. The number of fused-ring (bicyclic) bond motifs is 1. The van der Waals surface area contributed by atoms with Crippen LogP contribution in [0.5, 0.6) is 11.5 Å². The van der Waals surface area contributed by atoms with Crippen molar-refractivity contribution in [2.75, 3.05) is 14.2 Å². The van der Waals surface area contributed by atoms with Crippen molar-refractivity contribution in [2.45, 2.75) is 18.6 Å². The third-order valence-electron chi connectivity index (χ3n) is 3.32. The Morgan fingerprint density at radius 3 is 2.18 bits per heavy atom. The van der Waals surface area contributed by atoms with Crippen LogP contribution in [0.15, 0.2) is 27.4 Å². The number of carbonyl (C=O) groups is 2. The minimum absolute atomic E-state index is 0.0138. The van der Waals surface area contributed by atoms with Gasteiger partial charge in [-0.25, -0.2) is 9.59 Å². The number of rotatable bonds is 5. The van der Waals surface area contributed by atoms with Gasteiger partial charge in [0.15, 0.2) is 0 Å². The SMILES string of the molecule is COc1cc(OC)c2c(CC(N)C(=O)O)cc(=O)oc2c1.O=C(O)C(F)(F)F. The van der Waals surface area contributed by atoms with Gasteiger partial charge in [0.2, 0.25) is 0 Å². The zero-order chi connectivity index (χ0) is 21.6. The first-order valence-corrected chi connectivity index (χ1v) is 7.38. The number of carboxylic acids is 2. The topological polar surface area (TPSA) is 149 Å². The molecular weight excluding hydrogens is 391 g/mol. The van der Waals surface area contributed by atoms with Gasteiger partial charge in [-0.1, -0.05) is 0 Å². The number of ether oxygens (including phenoxy) is 2. The van der Waals surface area contributed by atoms with Crippen molar-refractivity contribution in [1.29, 1.82) is 0 Å². The number of benzene rings is 1. The summed E-state index contributed by atoms with van der Waals surface area (Å²) in [5, 5.41) is 16.5. The maximum Gasteiger partial charge on any atom is 0.490 e. The summed E-state index contributed by atoms with van der Waals surface area (Å²) in [5.41, 5.74) is 5.66. The lowest BCUT2D eigenvalue weighted by Crippen LogP contribution is -2.32. The van der Waals surface area contributed by atoms with Crippen molar-refractivity contribution in [3.8, 4) is 11.5 Å². The quantitative estimate of drug-likeness (QED) is 0.625. The third-order valence-corrected chi connectivity index (χ3v) is 3.32. The van der Waals surface area contributed by atoms with Crippen LogP contribution in [0, 0.1) is 0 Å². The van der Waals surface area contributed by atoms with Crippen LogP contribution in [0.1, 0.15) is 5.56 Å². The molecule has 28 heavy (non-hydrogen) atoms. The summed E-state index contributed by atoms with van der Waals surface area (Å²) in [5.74, 6) is -3.03. The van der Waals surface area contributed by atoms with Gasteiger partial charge in [-0.15, -0.1) is 0 Å². The highest BCUT2D eigenvalue weighted by atomic mass is 19.4. The maximum atomic E-state index is 11.6. The van der Waals surface area contributed by atoms with Gasteiger partial charge in [0.1, 0.15) is 23.1 Å². The number of carboxylic acid groups (broad SMARTS) is 2. The Hall–Kier alpha value is -3.28. The summed E-state index contributed by atoms with van der Waals surface area (Å²) >= 11 is 0. The normalized spacial score (nSPS) is 11.9. The molecule has 0 saturated heterocycles. The predicted molar refractivity (Wildman–Crippen MR) is 88.6 cm³/mol.